The van der Waals surface area contributed by atoms with Crippen LogP contribution in [0.15, 0.2) is 54.6 Å². The average Bonchev–Trinajstić information content (AvgIpc) is 2.79. The molecule has 0 aliphatic carbocycles. The summed E-state index contributed by atoms with van der Waals surface area (Å²) in [6.45, 7) is 3.71. The minimum absolute atomic E-state index is 0.00138. The number of nitrogens with one attached hydrogen (secondary N) is 1. The summed E-state index contributed by atoms with van der Waals surface area (Å²) in [7, 11) is 1.72. The van der Waals surface area contributed by atoms with Gasteiger partial charge in [0, 0.05) is 51.9 Å². The summed E-state index contributed by atoms with van der Waals surface area (Å²) in [5, 5.41) is 1.84. The first-order valence-electron chi connectivity index (χ1n) is 10.9. The van der Waals surface area contributed by atoms with Crippen molar-refractivity contribution >= 4 is 11.8 Å². The molecule has 178 valence electrons. The van der Waals surface area contributed by atoms with E-state index in [4.69, 9.17) is 0 Å². The van der Waals surface area contributed by atoms with Gasteiger partial charge in [0.25, 0.3) is 5.91 Å². The zero-order valence-electron chi connectivity index (χ0n) is 18.6. The lowest BCUT2D eigenvalue weighted by Gasteiger charge is -2.35. The molecule has 6 nitrogen and oxygen atoms in total. The van der Waals surface area contributed by atoms with Crippen molar-refractivity contribution in [1.29, 1.82) is 0 Å². The first kappa shape index (κ1) is 24.7. The number of carbonyl (C=O) groups excluding carboxylic acids is 2. The monoisotopic (exact) mass is 462 g/mol. The highest BCUT2D eigenvalue weighted by Crippen LogP contribution is 2.14. The van der Waals surface area contributed by atoms with Gasteiger partial charge in [-0.25, -0.2) is 0 Å². The lowest BCUT2D eigenvalue weighted by Crippen LogP contribution is -2.49. The van der Waals surface area contributed by atoms with Gasteiger partial charge in [-0.05, 0) is 23.3 Å². The Bertz CT molecular complexity index is 912. The van der Waals surface area contributed by atoms with E-state index in [2.05, 4.69) is 21.9 Å². The molecule has 1 fully saturated rings. The fraction of sp³-hybridized carbons (Fsp3) is 0.417. The Morgan fingerprint density at radius 1 is 0.909 bits per heavy atom. The van der Waals surface area contributed by atoms with Crippen LogP contribution >= 0.6 is 0 Å². The zero-order valence-corrected chi connectivity index (χ0v) is 18.6. The number of hydrogen-bond acceptors (Lipinski definition) is 4. The van der Waals surface area contributed by atoms with Gasteiger partial charge in [0.05, 0.1) is 6.54 Å². The Hall–Kier alpha value is -2.91. The van der Waals surface area contributed by atoms with E-state index >= 15 is 0 Å². The Balaban J connectivity index is 1.41. The molecule has 1 N–H and O–H groups in total. The summed E-state index contributed by atoms with van der Waals surface area (Å²) in [6.07, 6.45) is -4.45. The van der Waals surface area contributed by atoms with Crippen LogP contribution in [-0.4, -0.2) is 79.0 Å². The zero-order chi connectivity index (χ0) is 23.8. The van der Waals surface area contributed by atoms with Crippen molar-refractivity contribution in [2.75, 3.05) is 46.3 Å². The second-order valence-corrected chi connectivity index (χ2v) is 8.28. The van der Waals surface area contributed by atoms with Crippen molar-refractivity contribution in [2.45, 2.75) is 19.3 Å². The Morgan fingerprint density at radius 3 is 2.12 bits per heavy atom. The highest BCUT2D eigenvalue weighted by molar-refractivity contribution is 5.94. The highest BCUT2D eigenvalue weighted by atomic mass is 19.4. The summed E-state index contributed by atoms with van der Waals surface area (Å²) in [5.74, 6) is -0.784. The lowest BCUT2D eigenvalue weighted by molar-refractivity contribution is -0.132. The number of likely N-dealkylation sites (N-methyl/N-ethyl adjacent to an activating group) is 1. The fourth-order valence-corrected chi connectivity index (χ4v) is 3.67. The number of carbonyl (C=O) groups is 2. The molecule has 0 spiro atoms. The molecule has 3 rings (SSSR count). The van der Waals surface area contributed by atoms with Gasteiger partial charge < -0.3 is 10.2 Å². The van der Waals surface area contributed by atoms with Gasteiger partial charge >= 0.3 is 6.18 Å². The number of piperazine rings is 1. The van der Waals surface area contributed by atoms with Crippen LogP contribution < -0.4 is 5.32 Å². The van der Waals surface area contributed by atoms with E-state index in [1.165, 1.54) is 17.7 Å². The minimum Gasteiger partial charge on any atom is -0.343 e. The van der Waals surface area contributed by atoms with Crippen LogP contribution in [0.3, 0.4) is 0 Å². The molecule has 2 aromatic carbocycles. The third kappa shape index (κ3) is 8.18. The van der Waals surface area contributed by atoms with E-state index in [0.717, 1.165) is 38.3 Å². The number of rotatable bonds is 8. The summed E-state index contributed by atoms with van der Waals surface area (Å²) in [4.78, 5) is 30.6. The Kier molecular flexibility index (Phi) is 8.46. The highest BCUT2D eigenvalue weighted by Gasteiger charge is 2.28. The molecule has 0 radical (unpaired) electrons. The molecule has 0 atom stereocenters. The number of nitrogens with zero attached hydrogens (tertiary/aromatic N) is 3. The molecule has 1 heterocycles. The maximum Gasteiger partial charge on any atom is 0.405 e. The summed E-state index contributed by atoms with van der Waals surface area (Å²) >= 11 is 0. The number of halogens is 3. The molecule has 2 aromatic rings. The van der Waals surface area contributed by atoms with E-state index in [9.17, 15) is 22.8 Å². The Labute approximate surface area is 192 Å². The molecule has 1 aliphatic rings. The predicted molar refractivity (Wildman–Crippen MR) is 119 cm³/mol. The van der Waals surface area contributed by atoms with Crippen molar-refractivity contribution in [3.05, 3.63) is 71.3 Å². The maximum atomic E-state index is 12.6. The first-order chi connectivity index (χ1) is 15.7. The van der Waals surface area contributed by atoms with Crippen LogP contribution in [0, 0.1) is 0 Å². The third-order valence-corrected chi connectivity index (χ3v) is 5.58. The van der Waals surface area contributed by atoms with E-state index in [1.807, 2.05) is 23.5 Å². The van der Waals surface area contributed by atoms with E-state index in [-0.39, 0.29) is 11.5 Å². The first-order valence-corrected chi connectivity index (χ1v) is 10.9. The second kappa shape index (κ2) is 11.3. The SMILES string of the molecule is CN(Cc1ccc(C(=O)NCC(F)(F)F)cc1)C(=O)CN1CCN(Cc2ccccc2)CC1. The van der Waals surface area contributed by atoms with Gasteiger partial charge in [0.2, 0.25) is 5.91 Å². The largest absolute Gasteiger partial charge is 0.405 e. The topological polar surface area (TPSA) is 55.9 Å². The molecule has 1 saturated heterocycles. The Morgan fingerprint density at radius 2 is 1.52 bits per heavy atom. The molecular weight excluding hydrogens is 433 g/mol. The fourth-order valence-electron chi connectivity index (χ4n) is 3.67. The van der Waals surface area contributed by atoms with Crippen LogP contribution in [0.5, 0.6) is 0 Å². The standard InChI is InChI=1S/C24H29F3N4O2/c1-29(15-20-7-9-21(10-8-20)23(33)28-18-24(25,26)27)22(32)17-31-13-11-30(12-14-31)16-19-5-3-2-4-6-19/h2-10H,11-18H2,1H3,(H,28,33). The number of hydrogen-bond donors (Lipinski definition) is 1. The van der Waals surface area contributed by atoms with Crippen molar-refractivity contribution in [2.24, 2.45) is 0 Å². The van der Waals surface area contributed by atoms with E-state index in [1.54, 1.807) is 24.1 Å². The second-order valence-electron chi connectivity index (χ2n) is 8.28. The van der Waals surface area contributed by atoms with Crippen LogP contribution in [0.2, 0.25) is 0 Å². The molecular formula is C24H29F3N4O2. The molecule has 9 heteroatoms. The molecule has 0 saturated carbocycles. The minimum atomic E-state index is -4.45. The van der Waals surface area contributed by atoms with Crippen LogP contribution in [-0.2, 0) is 17.9 Å². The van der Waals surface area contributed by atoms with Crippen molar-refractivity contribution in [3.63, 3.8) is 0 Å². The lowest BCUT2D eigenvalue weighted by atomic mass is 10.1. The third-order valence-electron chi connectivity index (χ3n) is 5.58. The number of amides is 2. The van der Waals surface area contributed by atoms with Gasteiger partial charge in [0.15, 0.2) is 0 Å². The quantitative estimate of drug-likeness (QED) is 0.656. The van der Waals surface area contributed by atoms with E-state index in [0.29, 0.717) is 13.1 Å². The van der Waals surface area contributed by atoms with Crippen LogP contribution in [0.25, 0.3) is 0 Å². The number of alkyl halides is 3. The summed E-state index contributed by atoms with van der Waals surface area (Å²) < 4.78 is 36.7. The molecule has 0 unspecified atom stereocenters. The van der Waals surface area contributed by atoms with Crippen LogP contribution in [0.1, 0.15) is 21.5 Å². The van der Waals surface area contributed by atoms with Gasteiger partial charge in [-0.2, -0.15) is 13.2 Å². The molecule has 0 bridgehead atoms. The predicted octanol–water partition coefficient (Wildman–Crippen LogP) is 2.75. The van der Waals surface area contributed by atoms with Crippen molar-refractivity contribution in [1.82, 2.24) is 20.0 Å². The van der Waals surface area contributed by atoms with Gasteiger partial charge in [-0.15, -0.1) is 0 Å². The van der Waals surface area contributed by atoms with Gasteiger partial charge in [-0.3, -0.25) is 19.4 Å². The van der Waals surface area contributed by atoms with Crippen LogP contribution in [0.4, 0.5) is 13.2 Å². The van der Waals surface area contributed by atoms with Crippen molar-refractivity contribution < 1.29 is 22.8 Å². The molecule has 2 amide bonds. The van der Waals surface area contributed by atoms with Gasteiger partial charge in [-0.1, -0.05) is 42.5 Å². The summed E-state index contributed by atoms with van der Waals surface area (Å²) in [6, 6.07) is 16.5. The normalized spacial score (nSPS) is 15.3. The number of benzene rings is 2. The van der Waals surface area contributed by atoms with Crippen molar-refractivity contribution in [3.8, 4) is 0 Å². The van der Waals surface area contributed by atoms with Gasteiger partial charge in [0.1, 0.15) is 6.54 Å². The van der Waals surface area contributed by atoms with E-state index < -0.39 is 18.6 Å². The smallest absolute Gasteiger partial charge is 0.343 e. The molecule has 1 aliphatic heterocycles. The molecule has 0 aromatic heterocycles. The molecule has 33 heavy (non-hydrogen) atoms. The summed E-state index contributed by atoms with van der Waals surface area (Å²) in [5.41, 5.74) is 2.22. The average molecular weight is 463 g/mol. The maximum absolute atomic E-state index is 12.6.